The van der Waals surface area contributed by atoms with Crippen LogP contribution in [-0.2, 0) is 4.74 Å². The number of benzene rings is 1. The van der Waals surface area contributed by atoms with Crippen molar-refractivity contribution in [2.75, 3.05) is 18.1 Å². The lowest BCUT2D eigenvalue weighted by Gasteiger charge is -2.27. The summed E-state index contributed by atoms with van der Waals surface area (Å²) in [5, 5.41) is 0. The van der Waals surface area contributed by atoms with Crippen LogP contribution in [0.5, 0.6) is 0 Å². The quantitative estimate of drug-likeness (QED) is 0.745. The first-order chi connectivity index (χ1) is 7.18. The van der Waals surface area contributed by atoms with Gasteiger partial charge in [-0.3, -0.25) is 4.90 Å². The number of cyclic esters (lactones) is 1. The van der Waals surface area contributed by atoms with Crippen molar-refractivity contribution in [3.8, 4) is 0 Å². The normalized spacial score (nSPS) is 16.4. The maximum Gasteiger partial charge on any atom is 0.414 e. The molecule has 0 unspecified atom stereocenters. The molecule has 1 aliphatic heterocycles. The minimum atomic E-state index is -0.356. The molecule has 3 nitrogen and oxygen atoms in total. The Hall–Kier alpha value is -0.850. The predicted octanol–water partition coefficient (Wildman–Crippen LogP) is 2.78. The number of hydrogen-bond acceptors (Lipinski definition) is 2. The largest absolute Gasteiger partial charge is 0.449 e. The van der Waals surface area contributed by atoms with Crippen LogP contribution in [-0.4, -0.2) is 19.2 Å². The minimum absolute atomic E-state index is 0.298. The predicted molar refractivity (Wildman–Crippen MR) is 62.4 cm³/mol. The second kappa shape index (κ2) is 4.34. The third-order valence-electron chi connectivity index (χ3n) is 2.17. The summed E-state index contributed by atoms with van der Waals surface area (Å²) in [6.07, 6.45) is 0.449. The average Bonchev–Trinajstić information content (AvgIpc) is 2.20. The van der Waals surface area contributed by atoms with Gasteiger partial charge in [0.15, 0.2) is 0 Å². The van der Waals surface area contributed by atoms with Gasteiger partial charge in [0, 0.05) is 10.1 Å². The lowest BCUT2D eigenvalue weighted by atomic mass is 10.2. The average molecular weight is 321 g/mol. The van der Waals surface area contributed by atoms with Crippen molar-refractivity contribution in [3.05, 3.63) is 27.6 Å². The van der Waals surface area contributed by atoms with Crippen LogP contribution in [0.2, 0.25) is 0 Å². The Morgan fingerprint density at radius 2 is 2.27 bits per heavy atom. The fourth-order valence-electron chi connectivity index (χ4n) is 1.47. The number of ether oxygens (including phenoxy) is 1. The molecule has 1 aliphatic rings. The van der Waals surface area contributed by atoms with E-state index in [1.54, 1.807) is 6.07 Å². The number of carbonyl (C=O) groups excluding carboxylic acids is 1. The SMILES string of the molecule is O=C1OCCCN1c1ccc(F)cc1I. The molecule has 0 saturated carbocycles. The molecule has 15 heavy (non-hydrogen) atoms. The Morgan fingerprint density at radius 1 is 1.47 bits per heavy atom. The van der Waals surface area contributed by atoms with Crippen molar-refractivity contribution < 1.29 is 13.9 Å². The number of amides is 1. The second-order valence-electron chi connectivity index (χ2n) is 3.22. The molecule has 5 heteroatoms. The maximum absolute atomic E-state index is 12.9. The first-order valence-electron chi connectivity index (χ1n) is 4.58. The Balaban J connectivity index is 2.31. The van der Waals surface area contributed by atoms with Crippen LogP contribution in [0.15, 0.2) is 18.2 Å². The van der Waals surface area contributed by atoms with Gasteiger partial charge in [-0.1, -0.05) is 0 Å². The van der Waals surface area contributed by atoms with Crippen LogP contribution in [0.25, 0.3) is 0 Å². The summed E-state index contributed by atoms with van der Waals surface area (Å²) in [6, 6.07) is 4.35. The lowest BCUT2D eigenvalue weighted by Crippen LogP contribution is -2.38. The Morgan fingerprint density at radius 3 is 2.93 bits per heavy atom. The summed E-state index contributed by atoms with van der Waals surface area (Å²) in [7, 11) is 0. The number of carbonyl (C=O) groups is 1. The zero-order valence-electron chi connectivity index (χ0n) is 7.87. The van der Waals surface area contributed by atoms with Crippen molar-refractivity contribution in [2.24, 2.45) is 0 Å². The van der Waals surface area contributed by atoms with Crippen LogP contribution < -0.4 is 4.90 Å². The number of nitrogens with zero attached hydrogens (tertiary/aromatic N) is 1. The van der Waals surface area contributed by atoms with Crippen LogP contribution in [0.4, 0.5) is 14.9 Å². The van der Waals surface area contributed by atoms with E-state index >= 15 is 0 Å². The van der Waals surface area contributed by atoms with E-state index in [0.29, 0.717) is 22.4 Å². The van der Waals surface area contributed by atoms with Gasteiger partial charge >= 0.3 is 6.09 Å². The molecule has 0 spiro atoms. The van der Waals surface area contributed by atoms with E-state index in [9.17, 15) is 9.18 Å². The number of rotatable bonds is 1. The van der Waals surface area contributed by atoms with Crippen LogP contribution in [0.3, 0.4) is 0 Å². The summed E-state index contributed by atoms with van der Waals surface area (Å²) in [5.74, 6) is -0.298. The van der Waals surface area contributed by atoms with Gasteiger partial charge in [-0.15, -0.1) is 0 Å². The van der Waals surface area contributed by atoms with E-state index in [1.165, 1.54) is 17.0 Å². The number of anilines is 1. The fraction of sp³-hybridized carbons (Fsp3) is 0.300. The highest BCUT2D eigenvalue weighted by atomic mass is 127. The van der Waals surface area contributed by atoms with Crippen molar-refractivity contribution in [1.29, 1.82) is 0 Å². The van der Waals surface area contributed by atoms with Gasteiger partial charge in [0.1, 0.15) is 5.82 Å². The molecule has 0 radical (unpaired) electrons. The van der Waals surface area contributed by atoms with Crippen LogP contribution >= 0.6 is 22.6 Å². The van der Waals surface area contributed by atoms with E-state index < -0.39 is 0 Å². The Kier molecular flexibility index (Phi) is 3.08. The smallest absolute Gasteiger partial charge is 0.414 e. The van der Waals surface area contributed by atoms with Crippen molar-refractivity contribution in [1.82, 2.24) is 0 Å². The fourth-order valence-corrected chi connectivity index (χ4v) is 2.24. The third kappa shape index (κ3) is 2.22. The first kappa shape index (κ1) is 10.7. The topological polar surface area (TPSA) is 29.5 Å². The van der Waals surface area contributed by atoms with E-state index in [1.807, 2.05) is 22.6 Å². The highest BCUT2D eigenvalue weighted by molar-refractivity contribution is 14.1. The van der Waals surface area contributed by atoms with Gasteiger partial charge in [-0.2, -0.15) is 0 Å². The van der Waals surface area contributed by atoms with Crippen molar-refractivity contribution in [3.63, 3.8) is 0 Å². The molecule has 1 amide bonds. The van der Waals surface area contributed by atoms with E-state index in [4.69, 9.17) is 4.74 Å². The first-order valence-corrected chi connectivity index (χ1v) is 5.66. The number of halogens is 2. The van der Waals surface area contributed by atoms with Gasteiger partial charge in [0.25, 0.3) is 0 Å². The standard InChI is InChI=1S/C10H9FINO2/c11-7-2-3-9(8(12)6-7)13-4-1-5-15-10(13)14/h2-3,6H,1,4-5H2. The Bertz CT molecular complexity index is 397. The summed E-state index contributed by atoms with van der Waals surface area (Å²) in [4.78, 5) is 13.0. The van der Waals surface area contributed by atoms with E-state index in [-0.39, 0.29) is 11.9 Å². The maximum atomic E-state index is 12.9. The molecule has 1 aromatic rings. The second-order valence-corrected chi connectivity index (χ2v) is 4.38. The summed E-state index contributed by atoms with van der Waals surface area (Å²) >= 11 is 2.01. The van der Waals surface area contributed by atoms with Crippen LogP contribution in [0.1, 0.15) is 6.42 Å². The molecule has 0 aromatic heterocycles. The summed E-state index contributed by atoms with van der Waals surface area (Å²) in [6.45, 7) is 1.09. The molecule has 1 heterocycles. The van der Waals surface area contributed by atoms with Gasteiger partial charge in [0.05, 0.1) is 12.3 Å². The molecule has 2 rings (SSSR count). The molecular formula is C10H9FINO2. The zero-order valence-corrected chi connectivity index (χ0v) is 10.0. The third-order valence-corrected chi connectivity index (χ3v) is 3.04. The molecule has 0 N–H and O–H groups in total. The summed E-state index contributed by atoms with van der Waals surface area (Å²) in [5.41, 5.74) is 0.710. The lowest BCUT2D eigenvalue weighted by molar-refractivity contribution is 0.140. The molecule has 80 valence electrons. The molecule has 0 atom stereocenters. The molecule has 0 bridgehead atoms. The molecule has 1 fully saturated rings. The molecule has 1 aromatic carbocycles. The van der Waals surface area contributed by atoms with Gasteiger partial charge < -0.3 is 4.74 Å². The van der Waals surface area contributed by atoms with Gasteiger partial charge in [-0.05, 0) is 47.2 Å². The monoisotopic (exact) mass is 321 g/mol. The molecule has 1 saturated heterocycles. The van der Waals surface area contributed by atoms with Crippen LogP contribution in [0, 0.1) is 9.39 Å². The molecular weight excluding hydrogens is 312 g/mol. The van der Waals surface area contributed by atoms with Crippen molar-refractivity contribution >= 4 is 34.4 Å². The molecule has 0 aliphatic carbocycles. The minimum Gasteiger partial charge on any atom is -0.449 e. The highest BCUT2D eigenvalue weighted by Gasteiger charge is 2.22. The van der Waals surface area contributed by atoms with E-state index in [0.717, 1.165) is 6.42 Å². The number of hydrogen-bond donors (Lipinski definition) is 0. The van der Waals surface area contributed by atoms with Gasteiger partial charge in [-0.25, -0.2) is 9.18 Å². The zero-order chi connectivity index (χ0) is 10.8. The van der Waals surface area contributed by atoms with E-state index in [2.05, 4.69) is 0 Å². The van der Waals surface area contributed by atoms with Gasteiger partial charge in [0.2, 0.25) is 0 Å². The Labute approximate surface area is 100 Å². The highest BCUT2D eigenvalue weighted by Crippen LogP contribution is 2.25. The summed E-state index contributed by atoms with van der Waals surface area (Å²) < 4.78 is 18.5. The van der Waals surface area contributed by atoms with Crippen molar-refractivity contribution in [2.45, 2.75) is 6.42 Å².